The number of benzene rings is 4. The summed E-state index contributed by atoms with van der Waals surface area (Å²) in [4.78, 5) is 0. The van der Waals surface area contributed by atoms with Crippen molar-refractivity contribution < 1.29 is 48.1 Å². The van der Waals surface area contributed by atoms with E-state index in [1.54, 1.807) is 34.5 Å². The Hall–Kier alpha value is -1.79. The van der Waals surface area contributed by atoms with Gasteiger partial charge in [0.25, 0.3) is 0 Å². The van der Waals surface area contributed by atoms with E-state index in [0.29, 0.717) is 0 Å². The molecule has 6 heteroatoms. The molecule has 0 heterocycles. The zero-order valence-corrected chi connectivity index (χ0v) is 45.6. The fraction of sp³-hybridized carbons (Fsp3) is 0.444. The van der Waals surface area contributed by atoms with Crippen LogP contribution in [0.2, 0.25) is 52.4 Å². The molecule has 0 saturated heterocycles. The van der Waals surface area contributed by atoms with Crippen LogP contribution in [0.15, 0.2) is 97.1 Å². The molecule has 6 aromatic rings. The average Bonchev–Trinajstić information content (AvgIpc) is 3.77. The van der Waals surface area contributed by atoms with E-state index in [-0.39, 0.29) is 30.2 Å². The van der Waals surface area contributed by atoms with E-state index in [4.69, 9.17) is 0 Å². The Morgan fingerprint density at radius 3 is 1.13 bits per heavy atom. The van der Waals surface area contributed by atoms with Gasteiger partial charge in [0.2, 0.25) is 0 Å². The van der Waals surface area contributed by atoms with Gasteiger partial charge in [-0.05, 0) is 49.7 Å². The van der Waals surface area contributed by atoms with Crippen LogP contribution in [0, 0.1) is 25.7 Å². The molecule has 2 aliphatic carbocycles. The summed E-state index contributed by atoms with van der Waals surface area (Å²) in [5.74, 6) is 1.80. The Labute approximate surface area is 395 Å². The van der Waals surface area contributed by atoms with Gasteiger partial charge in [0, 0.05) is 0 Å². The molecule has 6 aromatic carbocycles. The van der Waals surface area contributed by atoms with Crippen LogP contribution in [-0.4, -0.2) is 21.6 Å². The first-order valence-corrected chi connectivity index (χ1v) is 35.9. The molecule has 0 nitrogen and oxygen atoms in total. The Morgan fingerprint density at radius 1 is 0.517 bits per heavy atom. The molecule has 0 atom stereocenters. The van der Waals surface area contributed by atoms with Crippen molar-refractivity contribution in [2.24, 2.45) is 11.8 Å². The molecule has 0 bridgehead atoms. The van der Waals surface area contributed by atoms with Gasteiger partial charge in [0.15, 0.2) is 0 Å². The van der Waals surface area contributed by atoms with Crippen molar-refractivity contribution >= 4 is 53.5 Å². The average molecular weight is 968 g/mol. The number of aryl methyl sites for hydroxylation is 2. The number of hydrogen-bond acceptors (Lipinski definition) is 0. The summed E-state index contributed by atoms with van der Waals surface area (Å²) in [5, 5.41) is 8.79. The van der Waals surface area contributed by atoms with E-state index < -0.39 is 16.1 Å². The second-order valence-corrected chi connectivity index (χ2v) is 40.0. The molecular weight excluding hydrogens is 895 g/mol. The molecule has 0 N–H and O–H groups in total. The third kappa shape index (κ3) is 14.1. The van der Waals surface area contributed by atoms with Gasteiger partial charge in [-0.1, -0.05) is 197 Å². The van der Waals surface area contributed by atoms with Gasteiger partial charge in [0.1, 0.15) is 0 Å². The minimum absolute atomic E-state index is 0. The van der Waals surface area contributed by atoms with Crippen LogP contribution in [0.25, 0.3) is 43.8 Å². The first-order valence-electron chi connectivity index (χ1n) is 22.7. The molecule has 0 aliphatic heterocycles. The van der Waals surface area contributed by atoms with Gasteiger partial charge in [-0.3, -0.25) is 0 Å². The van der Waals surface area contributed by atoms with Crippen LogP contribution in [0.4, 0.5) is 0 Å². The van der Waals surface area contributed by atoms with Gasteiger partial charge in [-0.25, -0.2) is 0 Å². The summed E-state index contributed by atoms with van der Waals surface area (Å²) >= 11 is 1.74. The molecule has 8 rings (SSSR count). The minimum Gasteiger partial charge on any atom is -1.00 e. The molecule has 2 aliphatic rings. The Balaban J connectivity index is 0.000000236. The zero-order valence-electron chi connectivity index (χ0n) is 38.6. The molecule has 320 valence electrons. The van der Waals surface area contributed by atoms with Crippen molar-refractivity contribution in [3.63, 3.8) is 0 Å². The SMILES string of the molecule is C[Si](C)=[Zr+2].Cc1cc(-c2ccc([Si](C)(C)C)cc2)c2cc(CC3CCCCC3)[cH-]c2c1.Cc1cc(-c2ccc([Si](C)(C)C)cc2)c2cc(CC3CCCCC3)[cH-]c2c1.[Cl-].[Cl-]. The molecule has 0 radical (unpaired) electrons. The molecule has 2 saturated carbocycles. The van der Waals surface area contributed by atoms with Crippen molar-refractivity contribution in [2.75, 3.05) is 0 Å². The second kappa shape index (κ2) is 22.7. The van der Waals surface area contributed by atoms with E-state index >= 15 is 0 Å². The van der Waals surface area contributed by atoms with Crippen LogP contribution in [-0.2, 0) is 36.2 Å². The van der Waals surface area contributed by atoms with Gasteiger partial charge < -0.3 is 24.8 Å². The predicted octanol–water partition coefficient (Wildman–Crippen LogP) is 9.20. The molecule has 60 heavy (non-hydrogen) atoms. The quantitative estimate of drug-likeness (QED) is 0.106. The second-order valence-electron chi connectivity index (χ2n) is 20.4. The molecule has 0 aromatic heterocycles. The molecule has 2 fully saturated rings. The van der Waals surface area contributed by atoms with Crippen molar-refractivity contribution in [3.8, 4) is 22.3 Å². The third-order valence-corrected chi connectivity index (χ3v) is 16.8. The molecule has 0 unspecified atom stereocenters. The summed E-state index contributed by atoms with van der Waals surface area (Å²) in [6.45, 7) is 23.6. The van der Waals surface area contributed by atoms with E-state index in [1.807, 2.05) is 0 Å². The Morgan fingerprint density at radius 2 is 0.833 bits per heavy atom. The maximum atomic E-state index is 2.48. The van der Waals surface area contributed by atoms with Crippen LogP contribution < -0.4 is 35.2 Å². The van der Waals surface area contributed by atoms with Gasteiger partial charge in [-0.15, -0.1) is 56.9 Å². The minimum atomic E-state index is -1.24. The van der Waals surface area contributed by atoms with Crippen LogP contribution >= 0.6 is 0 Å². The standard InChI is InChI=1S/2C26H33Si.C2H6Si.2ClH.Zr/c2*1-19-14-23-17-21(16-20-8-6-5-7-9-20)18-26(23)25(15-19)22-10-12-24(13-11-22)27(2,3)4;1-3-2;;;/h2*10-15,17-18,20H,5-9,16H2,1-4H3;1-2H3;2*1H;/q2*-1;;;;+2/p-2. The van der Waals surface area contributed by atoms with Crippen molar-refractivity contribution in [1.82, 2.24) is 0 Å². The normalized spacial score (nSPS) is 15.0. The molecular formula is C54H72Cl2Si3Zr-2. The number of rotatable bonds is 8. The monoisotopic (exact) mass is 964 g/mol. The fourth-order valence-corrected chi connectivity index (χ4v) is 11.9. The first-order chi connectivity index (χ1) is 27.5. The Kier molecular flexibility index (Phi) is 19.3. The van der Waals surface area contributed by atoms with Crippen molar-refractivity contribution in [2.45, 2.75) is 143 Å². The largest absolute Gasteiger partial charge is 1.00 e. The number of fused-ring (bicyclic) bond motifs is 2. The maximum Gasteiger partial charge on any atom is 0.0775 e. The summed E-state index contributed by atoms with van der Waals surface area (Å²) in [6.07, 6.45) is 16.8. The summed E-state index contributed by atoms with van der Waals surface area (Å²) in [7, 11) is -2.49. The van der Waals surface area contributed by atoms with Crippen LogP contribution in [0.3, 0.4) is 0 Å². The van der Waals surface area contributed by atoms with E-state index in [9.17, 15) is 0 Å². The molecule has 0 amide bonds. The van der Waals surface area contributed by atoms with Gasteiger partial charge in [-0.2, -0.15) is 12.1 Å². The maximum absolute atomic E-state index is 2.48. The van der Waals surface area contributed by atoms with E-state index in [1.165, 1.54) is 142 Å². The Bertz CT molecular complexity index is 2110. The number of halogens is 2. The van der Waals surface area contributed by atoms with E-state index in [0.717, 1.165) is 11.8 Å². The topological polar surface area (TPSA) is 0 Å². The summed E-state index contributed by atoms with van der Waals surface area (Å²) in [6, 6.07) is 38.2. The van der Waals surface area contributed by atoms with Crippen molar-refractivity contribution in [3.05, 3.63) is 119 Å². The van der Waals surface area contributed by atoms with Crippen LogP contribution in [0.5, 0.6) is 0 Å². The molecule has 0 spiro atoms. The van der Waals surface area contributed by atoms with E-state index in [2.05, 4.69) is 163 Å². The van der Waals surface area contributed by atoms with Gasteiger partial charge >= 0.3 is 41.9 Å². The van der Waals surface area contributed by atoms with Crippen LogP contribution in [0.1, 0.15) is 86.5 Å². The van der Waals surface area contributed by atoms with Gasteiger partial charge in [0.05, 0.1) is 16.1 Å². The third-order valence-electron chi connectivity index (χ3n) is 12.7. The summed E-state index contributed by atoms with van der Waals surface area (Å²) in [5.41, 5.74) is 11.6. The first kappa shape index (κ1) is 50.9. The predicted molar refractivity (Wildman–Crippen MR) is 263 cm³/mol. The fourth-order valence-electron chi connectivity index (χ4n) is 9.53. The number of hydrogen-bond donors (Lipinski definition) is 0. The summed E-state index contributed by atoms with van der Waals surface area (Å²) < 4.78 is 0. The van der Waals surface area contributed by atoms with Crippen molar-refractivity contribution in [1.29, 1.82) is 0 Å². The zero-order chi connectivity index (χ0) is 41.6. The smallest absolute Gasteiger partial charge is 0.0775 e.